The van der Waals surface area contributed by atoms with E-state index >= 15 is 0 Å². The summed E-state index contributed by atoms with van der Waals surface area (Å²) in [4.78, 5) is 11.3. The highest BCUT2D eigenvalue weighted by Gasteiger charge is 2.32. The predicted octanol–water partition coefficient (Wildman–Crippen LogP) is 2.53. The van der Waals surface area contributed by atoms with Crippen LogP contribution in [-0.2, 0) is 10.3 Å². The second-order valence-electron chi connectivity index (χ2n) is 4.41. The highest BCUT2D eigenvalue weighted by atomic mass is 79.9. The minimum atomic E-state index is -1.14. The molecule has 18 heavy (non-hydrogen) atoms. The van der Waals surface area contributed by atoms with Gasteiger partial charge in [-0.1, -0.05) is 33.3 Å². The highest BCUT2D eigenvalue weighted by molar-refractivity contribution is 9.10. The molecule has 0 radical (unpaired) electrons. The van der Waals surface area contributed by atoms with Crippen LogP contribution in [-0.4, -0.2) is 26.1 Å². The number of carbonyl (C=O) groups is 1. The lowest BCUT2D eigenvalue weighted by molar-refractivity contribution is -0.146. The van der Waals surface area contributed by atoms with Crippen LogP contribution in [0.4, 0.5) is 0 Å². The van der Waals surface area contributed by atoms with Gasteiger partial charge in [0, 0.05) is 10.0 Å². The van der Waals surface area contributed by atoms with Crippen LogP contribution in [0.2, 0.25) is 0 Å². The molecule has 1 aromatic heterocycles. The number of benzene rings is 1. The summed E-state index contributed by atoms with van der Waals surface area (Å²) < 4.78 is 2.33. The molecule has 0 unspecified atom stereocenters. The molecule has 6 heteroatoms. The van der Waals surface area contributed by atoms with Gasteiger partial charge in [0.25, 0.3) is 0 Å². The molecule has 1 heterocycles. The van der Waals surface area contributed by atoms with Crippen molar-refractivity contribution in [1.29, 1.82) is 0 Å². The highest BCUT2D eigenvalue weighted by Crippen LogP contribution is 2.26. The van der Waals surface area contributed by atoms with Crippen molar-refractivity contribution in [2.24, 2.45) is 0 Å². The zero-order valence-electron chi connectivity index (χ0n) is 9.96. The molecule has 1 N–H and O–H groups in total. The predicted molar refractivity (Wildman–Crippen MR) is 70.1 cm³/mol. The number of rotatable bonds is 3. The number of nitrogens with zero attached hydrogens (tertiary/aromatic N) is 3. The van der Waals surface area contributed by atoms with Crippen molar-refractivity contribution < 1.29 is 9.90 Å². The maximum Gasteiger partial charge on any atom is 0.331 e. The fraction of sp³-hybridized carbons (Fsp3) is 0.250. The first-order valence-corrected chi connectivity index (χ1v) is 6.13. The lowest BCUT2D eigenvalue weighted by Crippen LogP contribution is -2.37. The Morgan fingerprint density at radius 2 is 2.17 bits per heavy atom. The van der Waals surface area contributed by atoms with E-state index in [1.54, 1.807) is 20.0 Å². The van der Waals surface area contributed by atoms with Gasteiger partial charge in [0.05, 0.1) is 11.9 Å². The van der Waals surface area contributed by atoms with Gasteiger partial charge >= 0.3 is 5.97 Å². The number of hydrogen-bond acceptors (Lipinski definition) is 3. The van der Waals surface area contributed by atoms with E-state index < -0.39 is 11.5 Å². The van der Waals surface area contributed by atoms with E-state index in [2.05, 4.69) is 26.2 Å². The number of halogens is 1. The van der Waals surface area contributed by atoms with Crippen LogP contribution in [0.1, 0.15) is 13.8 Å². The van der Waals surface area contributed by atoms with E-state index in [0.717, 1.165) is 10.0 Å². The van der Waals surface area contributed by atoms with E-state index in [9.17, 15) is 9.90 Å². The van der Waals surface area contributed by atoms with Crippen LogP contribution >= 0.6 is 15.9 Å². The average molecular weight is 310 g/mol. The van der Waals surface area contributed by atoms with Crippen LogP contribution in [0.25, 0.3) is 11.3 Å². The second kappa shape index (κ2) is 4.53. The first kappa shape index (κ1) is 12.8. The van der Waals surface area contributed by atoms with Crippen molar-refractivity contribution in [1.82, 2.24) is 15.0 Å². The van der Waals surface area contributed by atoms with Gasteiger partial charge in [-0.2, -0.15) is 0 Å². The summed E-state index contributed by atoms with van der Waals surface area (Å²) in [6.45, 7) is 3.18. The van der Waals surface area contributed by atoms with Crippen LogP contribution in [0.5, 0.6) is 0 Å². The Labute approximate surface area is 113 Å². The van der Waals surface area contributed by atoms with Crippen LogP contribution in [0.15, 0.2) is 34.9 Å². The van der Waals surface area contributed by atoms with Crippen LogP contribution in [0, 0.1) is 0 Å². The number of carboxylic acid groups (broad SMARTS) is 1. The monoisotopic (exact) mass is 309 g/mol. The van der Waals surface area contributed by atoms with Crippen molar-refractivity contribution in [2.45, 2.75) is 19.4 Å². The molecule has 0 bridgehead atoms. The molecule has 0 aliphatic heterocycles. The average Bonchev–Trinajstić information content (AvgIpc) is 2.78. The topological polar surface area (TPSA) is 68.0 Å². The molecule has 0 aliphatic rings. The first-order chi connectivity index (χ1) is 8.43. The fourth-order valence-electron chi connectivity index (χ4n) is 1.58. The van der Waals surface area contributed by atoms with E-state index in [1.165, 1.54) is 4.68 Å². The van der Waals surface area contributed by atoms with E-state index in [4.69, 9.17) is 0 Å². The Morgan fingerprint density at radius 1 is 1.44 bits per heavy atom. The van der Waals surface area contributed by atoms with Gasteiger partial charge in [0.2, 0.25) is 0 Å². The maximum absolute atomic E-state index is 11.3. The van der Waals surface area contributed by atoms with Crippen molar-refractivity contribution in [3.8, 4) is 11.3 Å². The van der Waals surface area contributed by atoms with Crippen LogP contribution < -0.4 is 0 Å². The van der Waals surface area contributed by atoms with Gasteiger partial charge in [0.15, 0.2) is 5.54 Å². The molecule has 94 valence electrons. The van der Waals surface area contributed by atoms with E-state index in [-0.39, 0.29) is 0 Å². The fourth-order valence-corrected chi connectivity index (χ4v) is 1.98. The zero-order chi connectivity index (χ0) is 13.3. The minimum Gasteiger partial charge on any atom is -0.479 e. The van der Waals surface area contributed by atoms with Gasteiger partial charge in [-0.25, -0.2) is 9.48 Å². The largest absolute Gasteiger partial charge is 0.479 e. The lowest BCUT2D eigenvalue weighted by Gasteiger charge is -2.21. The Balaban J connectivity index is 2.55. The summed E-state index contributed by atoms with van der Waals surface area (Å²) in [6, 6.07) is 7.56. The molecule has 0 fully saturated rings. The summed E-state index contributed by atoms with van der Waals surface area (Å²) in [5, 5.41) is 16.9. The molecule has 0 amide bonds. The Morgan fingerprint density at radius 3 is 2.78 bits per heavy atom. The number of carboxylic acids is 1. The van der Waals surface area contributed by atoms with Crippen molar-refractivity contribution in [3.63, 3.8) is 0 Å². The SMILES string of the molecule is CC(C)(C(=O)O)n1nncc1-c1cccc(Br)c1. The molecular formula is C12H12BrN3O2. The number of hydrogen-bond donors (Lipinski definition) is 1. The molecule has 0 aliphatic carbocycles. The van der Waals surface area contributed by atoms with Gasteiger partial charge < -0.3 is 5.11 Å². The standard InChI is InChI=1S/C12H12BrN3O2/c1-12(2,11(17)18)16-10(7-14-15-16)8-4-3-5-9(13)6-8/h3-7H,1-2H3,(H,17,18). The summed E-state index contributed by atoms with van der Waals surface area (Å²) in [7, 11) is 0. The summed E-state index contributed by atoms with van der Waals surface area (Å²) in [6.07, 6.45) is 1.56. The second-order valence-corrected chi connectivity index (χ2v) is 5.32. The Kier molecular flexibility index (Phi) is 3.21. The van der Waals surface area contributed by atoms with Crippen molar-refractivity contribution in [3.05, 3.63) is 34.9 Å². The third kappa shape index (κ3) is 2.15. The molecule has 0 saturated carbocycles. The van der Waals surface area contributed by atoms with Crippen LogP contribution in [0.3, 0.4) is 0 Å². The number of aliphatic carboxylic acids is 1. The van der Waals surface area contributed by atoms with Crippen molar-refractivity contribution in [2.75, 3.05) is 0 Å². The molecule has 0 saturated heterocycles. The van der Waals surface area contributed by atoms with Gasteiger partial charge in [0.1, 0.15) is 0 Å². The third-order valence-electron chi connectivity index (χ3n) is 2.72. The minimum absolute atomic E-state index is 0.670. The molecule has 1 aromatic carbocycles. The first-order valence-electron chi connectivity index (χ1n) is 5.33. The normalized spacial score (nSPS) is 11.5. The third-order valence-corrected chi connectivity index (χ3v) is 3.22. The van der Waals surface area contributed by atoms with Gasteiger partial charge in [-0.3, -0.25) is 0 Å². The van der Waals surface area contributed by atoms with E-state index in [0.29, 0.717) is 5.69 Å². The van der Waals surface area contributed by atoms with Crippen molar-refractivity contribution >= 4 is 21.9 Å². The smallest absolute Gasteiger partial charge is 0.331 e. The maximum atomic E-state index is 11.3. The number of aromatic nitrogens is 3. The van der Waals surface area contributed by atoms with E-state index in [1.807, 2.05) is 24.3 Å². The molecular weight excluding hydrogens is 298 g/mol. The summed E-state index contributed by atoms with van der Waals surface area (Å²) in [5.74, 6) is -0.954. The zero-order valence-corrected chi connectivity index (χ0v) is 11.5. The lowest BCUT2D eigenvalue weighted by atomic mass is 10.0. The Hall–Kier alpha value is -1.69. The molecule has 5 nitrogen and oxygen atoms in total. The molecule has 0 atom stereocenters. The summed E-state index contributed by atoms with van der Waals surface area (Å²) >= 11 is 3.39. The van der Waals surface area contributed by atoms with Gasteiger partial charge in [-0.05, 0) is 26.0 Å². The van der Waals surface area contributed by atoms with Gasteiger partial charge in [-0.15, -0.1) is 5.10 Å². The molecule has 2 rings (SSSR count). The quantitative estimate of drug-likeness (QED) is 0.946. The molecule has 0 spiro atoms. The molecule has 2 aromatic rings. The Bertz CT molecular complexity index is 593. The summed E-state index contributed by atoms with van der Waals surface area (Å²) in [5.41, 5.74) is 0.390.